The highest BCUT2D eigenvalue weighted by atomic mass is 127. The molecule has 20 heavy (non-hydrogen) atoms. The Bertz CT molecular complexity index is 401. The molecule has 2 heterocycles. The molecule has 1 aromatic rings. The molecule has 0 atom stereocenters. The summed E-state index contributed by atoms with van der Waals surface area (Å²) in [5, 5.41) is 6.63. The summed E-state index contributed by atoms with van der Waals surface area (Å²) in [6.45, 7) is 9.43. The van der Waals surface area contributed by atoms with Crippen molar-refractivity contribution < 1.29 is 4.74 Å². The minimum atomic E-state index is 0. The van der Waals surface area contributed by atoms with Crippen LogP contribution in [0.1, 0.15) is 13.8 Å². The summed E-state index contributed by atoms with van der Waals surface area (Å²) < 4.78 is 7.40. The van der Waals surface area contributed by atoms with E-state index < -0.39 is 0 Å². The van der Waals surface area contributed by atoms with Crippen molar-refractivity contribution in [3.05, 3.63) is 24.5 Å². The van der Waals surface area contributed by atoms with Gasteiger partial charge in [-0.1, -0.05) is 6.92 Å². The van der Waals surface area contributed by atoms with Crippen molar-refractivity contribution in [2.24, 2.45) is 10.4 Å². The summed E-state index contributed by atoms with van der Waals surface area (Å²) in [5.74, 6) is 0.891. The number of aromatic nitrogens is 1. The minimum Gasteiger partial charge on any atom is -0.380 e. The van der Waals surface area contributed by atoms with Crippen LogP contribution >= 0.6 is 24.0 Å². The number of nitrogens with one attached hydrogen (secondary N) is 2. The topological polar surface area (TPSA) is 50.6 Å². The van der Waals surface area contributed by atoms with Crippen LogP contribution in [0.25, 0.3) is 0 Å². The second kappa shape index (κ2) is 8.51. The molecule has 5 nitrogen and oxygen atoms in total. The molecule has 2 N–H and O–H groups in total. The maximum Gasteiger partial charge on any atom is 0.191 e. The smallest absolute Gasteiger partial charge is 0.191 e. The maximum atomic E-state index is 5.25. The molecule has 0 saturated carbocycles. The van der Waals surface area contributed by atoms with Crippen molar-refractivity contribution in [2.45, 2.75) is 20.4 Å². The number of nitrogens with zero attached hydrogens (tertiary/aromatic N) is 2. The molecule has 0 aromatic carbocycles. The summed E-state index contributed by atoms with van der Waals surface area (Å²) in [6.07, 6.45) is 4.14. The fraction of sp³-hybridized carbons (Fsp3) is 0.643. The van der Waals surface area contributed by atoms with Gasteiger partial charge in [0.25, 0.3) is 0 Å². The number of guanidine groups is 1. The van der Waals surface area contributed by atoms with Gasteiger partial charge in [0.15, 0.2) is 5.96 Å². The lowest BCUT2D eigenvalue weighted by molar-refractivity contribution is -0.0945. The van der Waals surface area contributed by atoms with Crippen molar-refractivity contribution in [1.82, 2.24) is 15.2 Å². The van der Waals surface area contributed by atoms with E-state index in [-0.39, 0.29) is 29.4 Å². The van der Waals surface area contributed by atoms with E-state index >= 15 is 0 Å². The zero-order valence-electron chi connectivity index (χ0n) is 12.3. The summed E-state index contributed by atoms with van der Waals surface area (Å²) in [4.78, 5) is 4.63. The van der Waals surface area contributed by atoms with Gasteiger partial charge in [0.2, 0.25) is 0 Å². The standard InChI is InChI=1S/C14H24N4O.HI/c1-3-15-13(17-10-14(2)11-19-12-14)16-6-9-18-7-4-5-8-18;/h4-5,7-8H,3,6,9-12H2,1-2H3,(H2,15,16,17);1H. The normalized spacial score (nSPS) is 17.0. The van der Waals surface area contributed by atoms with Gasteiger partial charge in [-0.05, 0) is 19.1 Å². The number of ether oxygens (including phenoxy) is 1. The predicted octanol–water partition coefficient (Wildman–Crippen LogP) is 1.70. The van der Waals surface area contributed by atoms with Gasteiger partial charge in [0, 0.05) is 37.4 Å². The van der Waals surface area contributed by atoms with Crippen molar-refractivity contribution in [3.8, 4) is 0 Å². The predicted molar refractivity (Wildman–Crippen MR) is 92.8 cm³/mol. The van der Waals surface area contributed by atoms with Crippen LogP contribution in [-0.4, -0.2) is 43.4 Å². The van der Waals surface area contributed by atoms with Gasteiger partial charge in [-0.3, -0.25) is 4.99 Å². The van der Waals surface area contributed by atoms with E-state index in [2.05, 4.69) is 46.4 Å². The first-order valence-electron chi connectivity index (χ1n) is 6.92. The third-order valence-corrected chi connectivity index (χ3v) is 3.19. The second-order valence-corrected chi connectivity index (χ2v) is 5.35. The van der Waals surface area contributed by atoms with E-state index in [9.17, 15) is 0 Å². The first-order chi connectivity index (χ1) is 9.22. The molecule has 0 amide bonds. The Kier molecular flexibility index (Phi) is 7.36. The van der Waals surface area contributed by atoms with Crippen molar-refractivity contribution >= 4 is 29.9 Å². The molecule has 0 unspecified atom stereocenters. The monoisotopic (exact) mass is 392 g/mol. The lowest BCUT2D eigenvalue weighted by Gasteiger charge is -2.36. The quantitative estimate of drug-likeness (QED) is 0.440. The first kappa shape index (κ1) is 17.3. The van der Waals surface area contributed by atoms with Gasteiger partial charge < -0.3 is 19.9 Å². The molecule has 1 aromatic heterocycles. The molecule has 1 fully saturated rings. The van der Waals surface area contributed by atoms with E-state index in [0.29, 0.717) is 0 Å². The van der Waals surface area contributed by atoms with Gasteiger partial charge in [0.1, 0.15) is 0 Å². The maximum absolute atomic E-state index is 5.25. The molecule has 1 saturated heterocycles. The lowest BCUT2D eigenvalue weighted by Crippen LogP contribution is -2.44. The molecule has 0 bridgehead atoms. The molecule has 0 radical (unpaired) electrons. The molecule has 114 valence electrons. The minimum absolute atomic E-state index is 0. The van der Waals surface area contributed by atoms with Gasteiger partial charge in [-0.15, -0.1) is 24.0 Å². The zero-order chi connectivity index (χ0) is 13.6. The lowest BCUT2D eigenvalue weighted by atomic mass is 9.89. The van der Waals surface area contributed by atoms with Crippen molar-refractivity contribution in [2.75, 3.05) is 32.8 Å². The number of aliphatic imine (C=N–C) groups is 1. The van der Waals surface area contributed by atoms with Crippen LogP contribution in [-0.2, 0) is 11.3 Å². The highest BCUT2D eigenvalue weighted by Crippen LogP contribution is 2.26. The molecule has 2 rings (SSSR count). The van der Waals surface area contributed by atoms with E-state index in [1.165, 1.54) is 0 Å². The third-order valence-electron chi connectivity index (χ3n) is 3.19. The van der Waals surface area contributed by atoms with Crippen LogP contribution in [0.2, 0.25) is 0 Å². The second-order valence-electron chi connectivity index (χ2n) is 5.35. The van der Waals surface area contributed by atoms with E-state index in [1.807, 2.05) is 12.1 Å². The van der Waals surface area contributed by atoms with Crippen LogP contribution in [0.4, 0.5) is 0 Å². The van der Waals surface area contributed by atoms with E-state index in [0.717, 1.165) is 45.4 Å². The summed E-state index contributed by atoms with van der Waals surface area (Å²) >= 11 is 0. The average molecular weight is 392 g/mol. The fourth-order valence-electron chi connectivity index (χ4n) is 1.98. The number of hydrogen-bond donors (Lipinski definition) is 2. The highest BCUT2D eigenvalue weighted by Gasteiger charge is 2.33. The largest absolute Gasteiger partial charge is 0.380 e. The molecule has 1 aliphatic heterocycles. The molecular weight excluding hydrogens is 367 g/mol. The summed E-state index contributed by atoms with van der Waals surface area (Å²) in [7, 11) is 0. The zero-order valence-corrected chi connectivity index (χ0v) is 14.6. The SMILES string of the molecule is CCNC(=NCC1(C)COC1)NCCn1cccc1.I. The van der Waals surface area contributed by atoms with Crippen molar-refractivity contribution in [1.29, 1.82) is 0 Å². The van der Waals surface area contributed by atoms with Crippen LogP contribution in [0.15, 0.2) is 29.5 Å². The fourth-order valence-corrected chi connectivity index (χ4v) is 1.98. The Morgan fingerprint density at radius 3 is 2.55 bits per heavy atom. The average Bonchev–Trinajstić information content (AvgIpc) is 2.87. The Morgan fingerprint density at radius 2 is 2.00 bits per heavy atom. The molecular formula is C14H25IN4O. The molecule has 1 aliphatic rings. The van der Waals surface area contributed by atoms with Gasteiger partial charge in [0.05, 0.1) is 19.8 Å². The van der Waals surface area contributed by atoms with Gasteiger partial charge in [-0.25, -0.2) is 0 Å². The van der Waals surface area contributed by atoms with E-state index in [1.54, 1.807) is 0 Å². The first-order valence-corrected chi connectivity index (χ1v) is 6.92. The molecule has 6 heteroatoms. The highest BCUT2D eigenvalue weighted by molar-refractivity contribution is 14.0. The Morgan fingerprint density at radius 1 is 1.30 bits per heavy atom. The van der Waals surface area contributed by atoms with Crippen LogP contribution in [0.5, 0.6) is 0 Å². The number of halogens is 1. The van der Waals surface area contributed by atoms with Crippen LogP contribution < -0.4 is 10.6 Å². The van der Waals surface area contributed by atoms with Gasteiger partial charge >= 0.3 is 0 Å². The summed E-state index contributed by atoms with van der Waals surface area (Å²) in [6, 6.07) is 4.08. The Balaban J connectivity index is 0.00000200. The van der Waals surface area contributed by atoms with Crippen molar-refractivity contribution in [3.63, 3.8) is 0 Å². The molecule has 0 spiro atoms. The van der Waals surface area contributed by atoms with Crippen LogP contribution in [0.3, 0.4) is 0 Å². The Labute approximate surface area is 138 Å². The van der Waals surface area contributed by atoms with Gasteiger partial charge in [-0.2, -0.15) is 0 Å². The third kappa shape index (κ3) is 5.32. The Hall–Kier alpha value is -0.760. The van der Waals surface area contributed by atoms with E-state index in [4.69, 9.17) is 4.74 Å². The summed E-state index contributed by atoms with van der Waals surface area (Å²) in [5.41, 5.74) is 0.225. The van der Waals surface area contributed by atoms with Crippen LogP contribution in [0, 0.1) is 5.41 Å². The molecule has 0 aliphatic carbocycles. The number of hydrogen-bond acceptors (Lipinski definition) is 2. The number of rotatable bonds is 6.